The van der Waals surface area contributed by atoms with E-state index in [0.717, 1.165) is 39.4 Å². The van der Waals surface area contributed by atoms with Crippen LogP contribution in [0.15, 0.2) is 11.8 Å². The van der Waals surface area contributed by atoms with Crippen LogP contribution in [-0.2, 0) is 11.8 Å². The second kappa shape index (κ2) is 6.15. The highest BCUT2D eigenvalue weighted by Crippen LogP contribution is 2.35. The van der Waals surface area contributed by atoms with Crippen LogP contribution < -0.4 is 5.32 Å². The lowest BCUT2D eigenvalue weighted by molar-refractivity contribution is -0.133. The minimum absolute atomic E-state index is 0.116. The molecule has 0 bridgehead atoms. The Bertz CT molecular complexity index is 902. The summed E-state index contributed by atoms with van der Waals surface area (Å²) in [5.41, 5.74) is 6.92. The van der Waals surface area contributed by atoms with Crippen LogP contribution in [0.1, 0.15) is 38.3 Å². The van der Waals surface area contributed by atoms with Crippen LogP contribution in [0.3, 0.4) is 0 Å². The van der Waals surface area contributed by atoms with Crippen LogP contribution in [0.25, 0.3) is 10.9 Å². The summed E-state index contributed by atoms with van der Waals surface area (Å²) >= 11 is 0. The van der Waals surface area contributed by atoms with Crippen molar-refractivity contribution in [2.45, 2.75) is 34.6 Å². The summed E-state index contributed by atoms with van der Waals surface area (Å²) < 4.78 is 2.02. The van der Waals surface area contributed by atoms with Gasteiger partial charge in [0.05, 0.1) is 11.1 Å². The zero-order valence-electron chi connectivity index (χ0n) is 15.3. The maximum absolute atomic E-state index is 12.8. The molecule has 1 aromatic carbocycles. The number of benzene rings is 1. The van der Waals surface area contributed by atoms with Gasteiger partial charge in [0.15, 0.2) is 5.78 Å². The molecule has 1 heterocycles. The van der Waals surface area contributed by atoms with Crippen LogP contribution in [0.5, 0.6) is 0 Å². The van der Waals surface area contributed by atoms with Crippen molar-refractivity contribution in [2.24, 2.45) is 7.05 Å². The van der Waals surface area contributed by atoms with Crippen molar-refractivity contribution in [1.29, 1.82) is 0 Å². The maximum atomic E-state index is 12.8. The molecule has 1 aromatic heterocycles. The summed E-state index contributed by atoms with van der Waals surface area (Å²) in [6.45, 7) is 10.1. The average Bonchev–Trinajstić information content (AvgIpc) is 2.80. The van der Waals surface area contributed by atoms with E-state index in [0.29, 0.717) is 5.56 Å². The molecule has 2 N–H and O–H groups in total. The van der Waals surface area contributed by atoms with Crippen LogP contribution >= 0.6 is 0 Å². The van der Waals surface area contributed by atoms with E-state index in [1.165, 1.54) is 12.6 Å². The molecule has 2 rings (SSSR count). The van der Waals surface area contributed by atoms with E-state index in [2.05, 4.69) is 26.1 Å². The lowest BCUT2D eigenvalue weighted by Crippen LogP contribution is -2.17. The van der Waals surface area contributed by atoms with Gasteiger partial charge in [-0.3, -0.25) is 4.79 Å². The molecule has 0 aliphatic carbocycles. The number of carboxylic acids is 1. The lowest BCUT2D eigenvalue weighted by Gasteiger charge is -2.13. The number of hydrogen-bond acceptors (Lipinski definition) is 3. The van der Waals surface area contributed by atoms with Gasteiger partial charge in [0.25, 0.3) is 0 Å². The van der Waals surface area contributed by atoms with Crippen LogP contribution in [0.4, 0.5) is 0 Å². The van der Waals surface area contributed by atoms with Gasteiger partial charge in [-0.15, -0.1) is 0 Å². The molecule has 2 aromatic rings. The number of allylic oxidation sites excluding steroid dienone is 1. The first-order chi connectivity index (χ1) is 11.1. The Balaban J connectivity index is 2.89. The molecule has 0 amide bonds. The predicted molar refractivity (Wildman–Crippen MR) is 95.7 cm³/mol. The Kier molecular flexibility index (Phi) is 4.56. The van der Waals surface area contributed by atoms with E-state index in [-0.39, 0.29) is 11.5 Å². The van der Waals surface area contributed by atoms with Crippen LogP contribution in [0, 0.1) is 34.6 Å². The summed E-state index contributed by atoms with van der Waals surface area (Å²) in [4.78, 5) is 24.0. The first-order valence-electron chi connectivity index (χ1n) is 7.85. The molecule has 128 valence electrons. The monoisotopic (exact) mass is 328 g/mol. The lowest BCUT2D eigenvalue weighted by atomic mass is 9.92. The minimum atomic E-state index is -1.15. The second-order valence-electron chi connectivity index (χ2n) is 6.22. The standard InChI is InChI=1S/C19H24N2O3/c1-9-10(2)12(4)18-16(11(9)3)17(13(5)21(18)7)15(22)8-14(20-6)19(23)24/h8,20H,1-7H3,(H,23,24)/b14-8-. The number of nitrogens with zero attached hydrogens (tertiary/aromatic N) is 1. The van der Waals surface area contributed by atoms with Crippen molar-refractivity contribution < 1.29 is 14.7 Å². The number of aliphatic carboxylic acids is 1. The summed E-state index contributed by atoms with van der Waals surface area (Å²) in [6, 6.07) is 0. The number of rotatable bonds is 4. The van der Waals surface area contributed by atoms with Gasteiger partial charge in [-0.1, -0.05) is 0 Å². The molecule has 0 spiro atoms. The summed E-state index contributed by atoms with van der Waals surface area (Å²) in [5, 5.41) is 12.6. The Morgan fingerprint density at radius 2 is 1.54 bits per heavy atom. The Morgan fingerprint density at radius 3 is 2.04 bits per heavy atom. The van der Waals surface area contributed by atoms with Gasteiger partial charge in [0, 0.05) is 31.3 Å². The number of aromatic nitrogens is 1. The highest BCUT2D eigenvalue weighted by Gasteiger charge is 2.23. The maximum Gasteiger partial charge on any atom is 0.352 e. The topological polar surface area (TPSA) is 71.3 Å². The van der Waals surface area contributed by atoms with E-state index < -0.39 is 5.97 Å². The van der Waals surface area contributed by atoms with Crippen molar-refractivity contribution in [1.82, 2.24) is 9.88 Å². The Hall–Kier alpha value is -2.56. The normalized spacial score (nSPS) is 11.9. The van der Waals surface area contributed by atoms with Gasteiger partial charge < -0.3 is 15.0 Å². The highest BCUT2D eigenvalue weighted by molar-refractivity contribution is 6.17. The number of ketones is 1. The van der Waals surface area contributed by atoms with Crippen molar-refractivity contribution in [2.75, 3.05) is 7.05 Å². The predicted octanol–water partition coefficient (Wildman–Crippen LogP) is 3.09. The van der Waals surface area contributed by atoms with Gasteiger partial charge in [-0.2, -0.15) is 0 Å². The van der Waals surface area contributed by atoms with E-state index in [4.69, 9.17) is 5.11 Å². The quantitative estimate of drug-likeness (QED) is 0.668. The second-order valence-corrected chi connectivity index (χ2v) is 6.22. The molecular formula is C19H24N2O3. The van der Waals surface area contributed by atoms with Gasteiger partial charge in [-0.05, 0) is 56.9 Å². The van der Waals surface area contributed by atoms with Crippen molar-refractivity contribution in [3.8, 4) is 0 Å². The largest absolute Gasteiger partial charge is 0.477 e. The zero-order valence-corrected chi connectivity index (χ0v) is 15.3. The molecule has 0 radical (unpaired) electrons. The van der Waals surface area contributed by atoms with Crippen molar-refractivity contribution in [3.05, 3.63) is 45.3 Å². The zero-order chi connectivity index (χ0) is 18.3. The fourth-order valence-corrected chi connectivity index (χ4v) is 3.28. The van der Waals surface area contributed by atoms with Gasteiger partial charge in [-0.25, -0.2) is 4.79 Å². The van der Waals surface area contributed by atoms with Gasteiger partial charge >= 0.3 is 5.97 Å². The molecule has 0 aliphatic rings. The van der Waals surface area contributed by atoms with Crippen molar-refractivity contribution in [3.63, 3.8) is 0 Å². The third-order valence-electron chi connectivity index (χ3n) is 5.13. The number of carbonyl (C=O) groups is 2. The Labute approximate surface area is 142 Å². The summed E-state index contributed by atoms with van der Waals surface area (Å²) in [5.74, 6) is -1.45. The highest BCUT2D eigenvalue weighted by atomic mass is 16.4. The van der Waals surface area contributed by atoms with E-state index in [9.17, 15) is 9.59 Å². The number of hydrogen-bond donors (Lipinski definition) is 2. The molecule has 0 aliphatic heterocycles. The molecule has 0 saturated heterocycles. The molecule has 24 heavy (non-hydrogen) atoms. The SMILES string of the molecule is CN/C(=C\C(=O)c1c(C)n(C)c2c(C)c(C)c(C)c(C)c12)C(=O)O. The molecular weight excluding hydrogens is 304 g/mol. The van der Waals surface area contributed by atoms with Crippen molar-refractivity contribution >= 4 is 22.7 Å². The smallest absolute Gasteiger partial charge is 0.352 e. The molecule has 5 nitrogen and oxygen atoms in total. The fourth-order valence-electron chi connectivity index (χ4n) is 3.28. The minimum Gasteiger partial charge on any atom is -0.477 e. The number of nitrogens with one attached hydrogen (secondary N) is 1. The first-order valence-corrected chi connectivity index (χ1v) is 7.85. The number of carbonyl (C=O) groups excluding carboxylic acids is 1. The summed E-state index contributed by atoms with van der Waals surface area (Å²) in [7, 11) is 3.43. The number of aryl methyl sites for hydroxylation is 3. The van der Waals surface area contributed by atoms with E-state index in [1.807, 2.05) is 25.5 Å². The molecule has 0 atom stereocenters. The number of carboxylic acid groups (broad SMARTS) is 1. The van der Waals surface area contributed by atoms with E-state index in [1.54, 1.807) is 0 Å². The number of fused-ring (bicyclic) bond motifs is 1. The summed E-state index contributed by atoms with van der Waals surface area (Å²) in [6.07, 6.45) is 1.16. The van der Waals surface area contributed by atoms with Crippen LogP contribution in [-0.4, -0.2) is 28.5 Å². The Morgan fingerprint density at radius 1 is 1.00 bits per heavy atom. The molecule has 5 heteroatoms. The number of likely N-dealkylation sites (N-methyl/N-ethyl adjacent to an activating group) is 1. The molecule has 0 unspecified atom stereocenters. The average molecular weight is 328 g/mol. The molecule has 0 saturated carbocycles. The van der Waals surface area contributed by atoms with Gasteiger partial charge in [0.2, 0.25) is 0 Å². The van der Waals surface area contributed by atoms with E-state index >= 15 is 0 Å². The fraction of sp³-hybridized carbons (Fsp3) is 0.368. The van der Waals surface area contributed by atoms with Crippen LogP contribution in [0.2, 0.25) is 0 Å². The third-order valence-corrected chi connectivity index (χ3v) is 5.13. The van der Waals surface area contributed by atoms with Gasteiger partial charge in [0.1, 0.15) is 5.70 Å². The first kappa shape index (κ1) is 17.8. The third kappa shape index (κ3) is 2.50. The molecule has 0 fully saturated rings.